The summed E-state index contributed by atoms with van der Waals surface area (Å²) in [6, 6.07) is 9.62. The minimum absolute atomic E-state index is 0.0463. The third-order valence-electron chi connectivity index (χ3n) is 2.85. The van der Waals surface area contributed by atoms with Gasteiger partial charge in [-0.3, -0.25) is 0 Å². The molecule has 0 saturated carbocycles. The lowest BCUT2D eigenvalue weighted by atomic mass is 10.1. The summed E-state index contributed by atoms with van der Waals surface area (Å²) >= 11 is 0. The van der Waals surface area contributed by atoms with E-state index in [1.165, 1.54) is 24.3 Å². The average molecular weight is 277 g/mol. The van der Waals surface area contributed by atoms with Gasteiger partial charge in [-0.1, -0.05) is 12.1 Å². The van der Waals surface area contributed by atoms with Crippen LogP contribution in [0.4, 0.5) is 8.78 Å². The number of carboxylic acids is 1. The Labute approximate surface area is 114 Å². The van der Waals surface area contributed by atoms with Crippen LogP contribution in [0.15, 0.2) is 42.5 Å². The van der Waals surface area contributed by atoms with Gasteiger partial charge in [-0.15, -0.1) is 0 Å². The van der Waals surface area contributed by atoms with Crippen LogP contribution in [-0.4, -0.2) is 11.1 Å². The first kappa shape index (κ1) is 14.1. The second kappa shape index (κ2) is 6.25. The van der Waals surface area contributed by atoms with Crippen molar-refractivity contribution in [3.05, 3.63) is 70.8 Å². The molecule has 0 saturated heterocycles. The number of halogens is 2. The fourth-order valence-electron chi connectivity index (χ4n) is 1.79. The maximum absolute atomic E-state index is 13.5. The van der Waals surface area contributed by atoms with Gasteiger partial charge in [-0.05, 0) is 35.9 Å². The summed E-state index contributed by atoms with van der Waals surface area (Å²) in [7, 11) is 0. The Hall–Kier alpha value is -2.27. The first-order valence-electron chi connectivity index (χ1n) is 6.03. The average Bonchev–Trinajstić information content (AvgIpc) is 2.43. The van der Waals surface area contributed by atoms with Crippen molar-refractivity contribution in [2.45, 2.75) is 13.1 Å². The second-order valence-electron chi connectivity index (χ2n) is 4.34. The monoisotopic (exact) mass is 277 g/mol. The number of nitrogens with one attached hydrogen (secondary N) is 1. The molecule has 5 heteroatoms. The smallest absolute Gasteiger partial charge is 0.335 e. The van der Waals surface area contributed by atoms with Gasteiger partial charge < -0.3 is 10.4 Å². The molecule has 0 aliphatic carbocycles. The van der Waals surface area contributed by atoms with Crippen LogP contribution in [0.25, 0.3) is 0 Å². The highest BCUT2D eigenvalue weighted by molar-refractivity contribution is 5.87. The van der Waals surface area contributed by atoms with E-state index in [2.05, 4.69) is 5.32 Å². The van der Waals surface area contributed by atoms with Gasteiger partial charge in [-0.25, -0.2) is 13.6 Å². The van der Waals surface area contributed by atoms with Gasteiger partial charge in [0.05, 0.1) is 5.56 Å². The quantitative estimate of drug-likeness (QED) is 0.883. The van der Waals surface area contributed by atoms with Gasteiger partial charge in [0, 0.05) is 18.7 Å². The first-order chi connectivity index (χ1) is 9.56. The summed E-state index contributed by atoms with van der Waals surface area (Å²) in [6.45, 7) is 0.640. The molecule has 0 atom stereocenters. The number of hydrogen-bond acceptors (Lipinski definition) is 2. The Morgan fingerprint density at radius 1 is 1.05 bits per heavy atom. The minimum Gasteiger partial charge on any atom is -0.478 e. The number of carboxylic acid groups (broad SMARTS) is 1. The summed E-state index contributed by atoms with van der Waals surface area (Å²) in [6.07, 6.45) is 0. The summed E-state index contributed by atoms with van der Waals surface area (Å²) in [5.74, 6) is -1.86. The Balaban J connectivity index is 1.98. The zero-order valence-corrected chi connectivity index (χ0v) is 10.6. The fraction of sp³-hybridized carbons (Fsp3) is 0.133. The molecule has 0 aliphatic rings. The van der Waals surface area contributed by atoms with E-state index in [0.29, 0.717) is 6.54 Å². The third kappa shape index (κ3) is 3.61. The van der Waals surface area contributed by atoms with E-state index in [-0.39, 0.29) is 23.5 Å². The van der Waals surface area contributed by atoms with Crippen molar-refractivity contribution in [2.75, 3.05) is 0 Å². The van der Waals surface area contributed by atoms with Crippen LogP contribution in [-0.2, 0) is 13.1 Å². The Bertz CT molecular complexity index is 612. The molecule has 3 nitrogen and oxygen atoms in total. The summed E-state index contributed by atoms with van der Waals surface area (Å²) in [5.41, 5.74) is 1.19. The highest BCUT2D eigenvalue weighted by atomic mass is 19.1. The van der Waals surface area contributed by atoms with Gasteiger partial charge in [-0.2, -0.15) is 0 Å². The third-order valence-corrected chi connectivity index (χ3v) is 2.85. The van der Waals surface area contributed by atoms with Crippen molar-refractivity contribution >= 4 is 5.97 Å². The number of carbonyl (C=O) groups is 1. The molecule has 2 aromatic carbocycles. The van der Waals surface area contributed by atoms with E-state index in [1.807, 2.05) is 0 Å². The highest BCUT2D eigenvalue weighted by Gasteiger charge is 2.08. The maximum atomic E-state index is 13.5. The van der Waals surface area contributed by atoms with Crippen molar-refractivity contribution in [3.63, 3.8) is 0 Å². The van der Waals surface area contributed by atoms with Crippen molar-refractivity contribution in [3.8, 4) is 0 Å². The van der Waals surface area contributed by atoms with Gasteiger partial charge in [0.25, 0.3) is 0 Å². The molecule has 0 radical (unpaired) electrons. The van der Waals surface area contributed by atoms with Gasteiger partial charge in [0.2, 0.25) is 0 Å². The summed E-state index contributed by atoms with van der Waals surface area (Å²) in [5, 5.41) is 11.8. The van der Waals surface area contributed by atoms with Crippen LogP contribution < -0.4 is 5.32 Å². The highest BCUT2D eigenvalue weighted by Crippen LogP contribution is 2.11. The van der Waals surface area contributed by atoms with E-state index in [4.69, 9.17) is 5.11 Å². The van der Waals surface area contributed by atoms with Crippen LogP contribution in [0.3, 0.4) is 0 Å². The molecule has 104 valence electrons. The van der Waals surface area contributed by atoms with E-state index in [1.54, 1.807) is 12.1 Å². The number of hydrogen-bond donors (Lipinski definition) is 2. The molecular weight excluding hydrogens is 264 g/mol. The zero-order chi connectivity index (χ0) is 14.5. The van der Waals surface area contributed by atoms with Crippen LogP contribution in [0, 0.1) is 11.6 Å². The van der Waals surface area contributed by atoms with Gasteiger partial charge in [0.1, 0.15) is 11.6 Å². The van der Waals surface area contributed by atoms with Crippen molar-refractivity contribution in [2.24, 2.45) is 0 Å². The summed E-state index contributed by atoms with van der Waals surface area (Å²) in [4.78, 5) is 10.8. The molecule has 0 aromatic heterocycles. The number of benzene rings is 2. The van der Waals surface area contributed by atoms with Gasteiger partial charge >= 0.3 is 5.97 Å². The molecule has 0 unspecified atom stereocenters. The molecule has 0 bridgehead atoms. The summed E-state index contributed by atoms with van der Waals surface area (Å²) < 4.78 is 26.3. The SMILES string of the molecule is O=C(O)c1ccc(F)c(CNCc2ccc(F)cc2)c1. The molecular formula is C15H13F2NO2. The van der Waals surface area contributed by atoms with E-state index < -0.39 is 11.8 Å². The number of aromatic carboxylic acids is 1. The topological polar surface area (TPSA) is 49.3 Å². The normalized spacial score (nSPS) is 10.5. The minimum atomic E-state index is -1.09. The van der Waals surface area contributed by atoms with Crippen molar-refractivity contribution in [1.29, 1.82) is 0 Å². The molecule has 0 fully saturated rings. The Morgan fingerprint density at radius 3 is 2.40 bits per heavy atom. The molecule has 2 rings (SSSR count). The Kier molecular flexibility index (Phi) is 4.42. The van der Waals surface area contributed by atoms with E-state index >= 15 is 0 Å². The lowest BCUT2D eigenvalue weighted by Gasteiger charge is -2.07. The predicted molar refractivity (Wildman–Crippen MR) is 70.3 cm³/mol. The Morgan fingerprint density at radius 2 is 1.75 bits per heavy atom. The van der Waals surface area contributed by atoms with Crippen LogP contribution in [0.2, 0.25) is 0 Å². The molecule has 2 aromatic rings. The molecule has 0 amide bonds. The fourth-order valence-corrected chi connectivity index (χ4v) is 1.79. The predicted octanol–water partition coefficient (Wildman–Crippen LogP) is 2.95. The standard InChI is InChI=1S/C15H13F2NO2/c16-13-4-1-10(2-5-13)8-18-9-12-7-11(15(19)20)3-6-14(12)17/h1-7,18H,8-9H2,(H,19,20). The maximum Gasteiger partial charge on any atom is 0.335 e. The molecule has 0 aliphatic heterocycles. The van der Waals surface area contributed by atoms with E-state index in [9.17, 15) is 13.6 Å². The lowest BCUT2D eigenvalue weighted by Crippen LogP contribution is -2.14. The van der Waals surface area contributed by atoms with Gasteiger partial charge in [0.15, 0.2) is 0 Å². The zero-order valence-electron chi connectivity index (χ0n) is 10.6. The molecule has 0 spiro atoms. The van der Waals surface area contributed by atoms with E-state index in [0.717, 1.165) is 11.6 Å². The van der Waals surface area contributed by atoms with Crippen LogP contribution in [0.1, 0.15) is 21.5 Å². The van der Waals surface area contributed by atoms with Crippen LogP contribution in [0.5, 0.6) is 0 Å². The van der Waals surface area contributed by atoms with Crippen molar-refractivity contribution < 1.29 is 18.7 Å². The van der Waals surface area contributed by atoms with Crippen molar-refractivity contribution in [1.82, 2.24) is 5.32 Å². The molecule has 2 N–H and O–H groups in total. The van der Waals surface area contributed by atoms with Crippen LogP contribution >= 0.6 is 0 Å². The molecule has 0 heterocycles. The lowest BCUT2D eigenvalue weighted by molar-refractivity contribution is 0.0696. The molecule has 20 heavy (non-hydrogen) atoms. The first-order valence-corrected chi connectivity index (χ1v) is 6.03. The largest absolute Gasteiger partial charge is 0.478 e. The second-order valence-corrected chi connectivity index (χ2v) is 4.34. The number of rotatable bonds is 5.